The summed E-state index contributed by atoms with van der Waals surface area (Å²) in [5.41, 5.74) is 0.283. The molecule has 1 aromatic heterocycles. The molecular weight excluding hydrogens is 290 g/mol. The molecule has 0 radical (unpaired) electrons. The van der Waals surface area contributed by atoms with E-state index in [0.29, 0.717) is 0 Å². The molecule has 0 N–H and O–H groups in total. The lowest BCUT2D eigenvalue weighted by Gasteiger charge is -2.19. The van der Waals surface area contributed by atoms with Gasteiger partial charge in [0.05, 0.1) is 12.5 Å². The van der Waals surface area contributed by atoms with Crippen molar-refractivity contribution >= 4 is 37.5 Å². The van der Waals surface area contributed by atoms with Gasteiger partial charge in [0.2, 0.25) is 25.3 Å². The maximum absolute atomic E-state index is 11.5. The molecule has 0 spiro atoms. The van der Waals surface area contributed by atoms with Gasteiger partial charge in [-0.25, -0.2) is 21.8 Å². The first-order valence-electron chi connectivity index (χ1n) is 4.23. The minimum Gasteiger partial charge on any atom is -0.226 e. The molecule has 0 aromatic carbocycles. The molecule has 7 nitrogen and oxygen atoms in total. The van der Waals surface area contributed by atoms with Crippen molar-refractivity contribution in [3.63, 3.8) is 0 Å². The summed E-state index contributed by atoms with van der Waals surface area (Å²) in [5.74, 6) is -0.269. The summed E-state index contributed by atoms with van der Waals surface area (Å²) in [6, 6.07) is 0. The molecule has 0 bridgehead atoms. The number of sulfonamides is 2. The SMILES string of the molecule is Cc1cnc(Cl)nc1N(S(C)(=O)=O)S(C)(=O)=O. The summed E-state index contributed by atoms with van der Waals surface area (Å²) < 4.78 is 46.2. The van der Waals surface area contributed by atoms with Gasteiger partial charge in [0, 0.05) is 11.8 Å². The Morgan fingerprint density at radius 1 is 1.18 bits per heavy atom. The number of halogens is 1. The van der Waals surface area contributed by atoms with E-state index in [-0.39, 0.29) is 20.4 Å². The fourth-order valence-electron chi connectivity index (χ4n) is 1.16. The van der Waals surface area contributed by atoms with E-state index >= 15 is 0 Å². The Bertz CT molecular complexity index is 609. The molecule has 10 heteroatoms. The van der Waals surface area contributed by atoms with Crippen LogP contribution in [0.15, 0.2) is 6.20 Å². The van der Waals surface area contributed by atoms with E-state index in [4.69, 9.17) is 11.6 Å². The van der Waals surface area contributed by atoms with Crippen LogP contribution in [0.25, 0.3) is 0 Å². The Morgan fingerprint density at radius 3 is 2.06 bits per heavy atom. The quantitative estimate of drug-likeness (QED) is 0.738. The molecule has 0 fully saturated rings. The van der Waals surface area contributed by atoms with Gasteiger partial charge in [-0.05, 0) is 18.5 Å². The predicted octanol–water partition coefficient (Wildman–Crippen LogP) is 0.164. The predicted molar refractivity (Wildman–Crippen MR) is 63.9 cm³/mol. The third kappa shape index (κ3) is 3.27. The van der Waals surface area contributed by atoms with Crippen LogP contribution in [0.1, 0.15) is 5.56 Å². The summed E-state index contributed by atoms with van der Waals surface area (Å²) in [7, 11) is -8.04. The molecule has 0 saturated heterocycles. The first-order valence-corrected chi connectivity index (χ1v) is 8.30. The molecule has 1 rings (SSSR count). The number of aryl methyl sites for hydroxylation is 1. The summed E-state index contributed by atoms with van der Waals surface area (Å²) in [5, 5.41) is -0.233. The van der Waals surface area contributed by atoms with Crippen molar-refractivity contribution in [3.8, 4) is 0 Å². The highest BCUT2D eigenvalue weighted by molar-refractivity contribution is 8.09. The smallest absolute Gasteiger partial charge is 0.226 e. The maximum Gasteiger partial charge on any atom is 0.246 e. The second-order valence-electron chi connectivity index (χ2n) is 3.37. The first kappa shape index (κ1) is 14.1. The normalized spacial score (nSPS) is 12.5. The van der Waals surface area contributed by atoms with E-state index in [0.717, 1.165) is 12.5 Å². The topological polar surface area (TPSA) is 97.3 Å². The lowest BCUT2D eigenvalue weighted by Crippen LogP contribution is -2.36. The maximum atomic E-state index is 11.5. The first-order chi connectivity index (χ1) is 7.53. The van der Waals surface area contributed by atoms with Crippen molar-refractivity contribution in [1.29, 1.82) is 0 Å². The van der Waals surface area contributed by atoms with Crippen molar-refractivity contribution in [2.75, 3.05) is 16.2 Å². The van der Waals surface area contributed by atoms with Crippen molar-refractivity contribution in [3.05, 3.63) is 17.0 Å². The van der Waals surface area contributed by atoms with E-state index < -0.39 is 20.0 Å². The molecular formula is C7H10ClN3O4S2. The van der Waals surface area contributed by atoms with Crippen LogP contribution in [0.5, 0.6) is 0 Å². The number of anilines is 1. The summed E-state index contributed by atoms with van der Waals surface area (Å²) in [4.78, 5) is 7.25. The number of hydrogen-bond acceptors (Lipinski definition) is 6. The molecule has 0 saturated carbocycles. The number of rotatable bonds is 3. The van der Waals surface area contributed by atoms with E-state index in [1.165, 1.54) is 13.1 Å². The molecule has 96 valence electrons. The molecule has 0 atom stereocenters. The van der Waals surface area contributed by atoms with Crippen LogP contribution >= 0.6 is 11.6 Å². The largest absolute Gasteiger partial charge is 0.246 e. The second kappa shape index (κ2) is 4.39. The van der Waals surface area contributed by atoms with Crippen LogP contribution in [0.4, 0.5) is 5.82 Å². The summed E-state index contributed by atoms with van der Waals surface area (Å²) in [6.07, 6.45) is 2.78. The second-order valence-corrected chi connectivity index (χ2v) is 7.60. The molecule has 0 amide bonds. The molecule has 1 heterocycles. The number of aromatic nitrogens is 2. The van der Waals surface area contributed by atoms with E-state index in [2.05, 4.69) is 9.97 Å². The Labute approximate surface area is 105 Å². The molecule has 1 aromatic rings. The zero-order chi connectivity index (χ0) is 13.4. The van der Waals surface area contributed by atoms with Crippen molar-refractivity contribution < 1.29 is 16.8 Å². The van der Waals surface area contributed by atoms with Gasteiger partial charge in [0.1, 0.15) is 0 Å². The molecule has 17 heavy (non-hydrogen) atoms. The van der Waals surface area contributed by atoms with Crippen LogP contribution in [-0.4, -0.2) is 39.3 Å². The van der Waals surface area contributed by atoms with E-state index in [1.54, 1.807) is 0 Å². The zero-order valence-corrected chi connectivity index (χ0v) is 11.6. The lowest BCUT2D eigenvalue weighted by atomic mass is 10.4. The minimum absolute atomic E-state index is 0.225. The number of hydrogen-bond donors (Lipinski definition) is 0. The molecule has 0 aliphatic heterocycles. The minimum atomic E-state index is -4.02. The van der Waals surface area contributed by atoms with Gasteiger partial charge in [-0.1, -0.05) is 0 Å². The molecule has 0 unspecified atom stereocenters. The summed E-state index contributed by atoms with van der Waals surface area (Å²) >= 11 is 5.52. The van der Waals surface area contributed by atoms with Crippen molar-refractivity contribution in [2.45, 2.75) is 6.92 Å². The molecule has 0 aliphatic rings. The monoisotopic (exact) mass is 299 g/mol. The molecule has 0 aliphatic carbocycles. The van der Waals surface area contributed by atoms with Crippen LogP contribution in [0.2, 0.25) is 5.28 Å². The Hall–Kier alpha value is -0.930. The lowest BCUT2D eigenvalue weighted by molar-refractivity contribution is 0.590. The number of nitrogens with zero attached hydrogens (tertiary/aromatic N) is 3. The highest BCUT2D eigenvalue weighted by Crippen LogP contribution is 2.23. The van der Waals surface area contributed by atoms with E-state index in [9.17, 15) is 16.8 Å². The Kier molecular flexibility index (Phi) is 3.65. The third-order valence-corrected chi connectivity index (χ3v) is 5.05. The third-order valence-electron chi connectivity index (χ3n) is 1.69. The fourth-order valence-corrected chi connectivity index (χ4v) is 4.25. The highest BCUT2D eigenvalue weighted by atomic mass is 35.5. The van der Waals surface area contributed by atoms with Gasteiger partial charge in [-0.3, -0.25) is 0 Å². The Morgan fingerprint density at radius 2 is 1.65 bits per heavy atom. The van der Waals surface area contributed by atoms with E-state index in [1.807, 2.05) is 0 Å². The highest BCUT2D eigenvalue weighted by Gasteiger charge is 2.30. The standard InChI is InChI=1S/C7H10ClN3O4S2/c1-5-4-9-7(8)10-6(5)11(16(2,12)13)17(3,14)15/h4H,1-3H3. The van der Waals surface area contributed by atoms with Crippen LogP contribution in [0, 0.1) is 6.92 Å². The van der Waals surface area contributed by atoms with Gasteiger partial charge in [-0.2, -0.15) is 4.98 Å². The van der Waals surface area contributed by atoms with Gasteiger partial charge >= 0.3 is 0 Å². The van der Waals surface area contributed by atoms with Crippen LogP contribution < -0.4 is 3.71 Å². The van der Waals surface area contributed by atoms with Gasteiger partial charge < -0.3 is 0 Å². The van der Waals surface area contributed by atoms with Gasteiger partial charge in [0.15, 0.2) is 5.82 Å². The summed E-state index contributed by atoms with van der Waals surface area (Å²) in [6.45, 7) is 1.48. The van der Waals surface area contributed by atoms with Gasteiger partial charge in [-0.15, -0.1) is 3.71 Å². The van der Waals surface area contributed by atoms with Crippen molar-refractivity contribution in [1.82, 2.24) is 9.97 Å². The Balaban J connectivity index is 3.61. The van der Waals surface area contributed by atoms with Crippen LogP contribution in [-0.2, 0) is 20.0 Å². The fraction of sp³-hybridized carbons (Fsp3) is 0.429. The zero-order valence-electron chi connectivity index (χ0n) is 9.25. The average molecular weight is 300 g/mol. The van der Waals surface area contributed by atoms with Crippen molar-refractivity contribution in [2.24, 2.45) is 0 Å². The van der Waals surface area contributed by atoms with Gasteiger partial charge in [0.25, 0.3) is 0 Å². The average Bonchev–Trinajstić information content (AvgIpc) is 2.06. The van der Waals surface area contributed by atoms with Crippen LogP contribution in [0.3, 0.4) is 0 Å².